The second kappa shape index (κ2) is 13.0. The number of hydrogen-bond acceptors (Lipinski definition) is 4. The standard InChI is InChI=1S/C51H32N4O/c1-4-14-33(15-5-1)34-26-28-37(29-27-34)50-52-49(36-18-8-3-9-19-36)53-51(54-50)44-24-13-22-42-40-20-10-11-25-45(40)55(47(42)44)38-30-31-41-43-23-12-21-39(35-16-6-2-7-17-35)48(43)56-46(41)32-38/h1-32H/i10D,11D,13D,20D,22D,24D,25D. The molecule has 0 spiro atoms. The van der Waals surface area contributed by atoms with Gasteiger partial charge < -0.3 is 8.98 Å². The van der Waals surface area contributed by atoms with E-state index in [0.717, 1.165) is 33.0 Å². The Labute approximate surface area is 332 Å². The lowest BCUT2D eigenvalue weighted by atomic mass is 10.0. The van der Waals surface area contributed by atoms with Gasteiger partial charge in [-0.3, -0.25) is 0 Å². The van der Waals surface area contributed by atoms with Crippen molar-refractivity contribution in [3.63, 3.8) is 0 Å². The van der Waals surface area contributed by atoms with Crippen LogP contribution in [0.1, 0.15) is 9.60 Å². The van der Waals surface area contributed by atoms with Crippen molar-refractivity contribution in [3.05, 3.63) is 194 Å². The SMILES string of the molecule is [2H]c1c([2H])c([2H])c2c(c1[2H])c1c([2H])c([2H])c([2H])c(-c3nc(-c4ccccc4)nc(-c4ccc(-c5ccccc5)cc4)n3)c1n2-c1ccc2c(c1)oc1c(-c3ccccc3)cccc12. The molecule has 0 aliphatic rings. The molecule has 8 aromatic carbocycles. The van der Waals surface area contributed by atoms with Crippen LogP contribution in [-0.4, -0.2) is 19.5 Å². The third-order valence-corrected chi connectivity index (χ3v) is 10.2. The molecule has 0 amide bonds. The molecule has 11 rings (SSSR count). The number of aromatic nitrogens is 4. The second-order valence-electron chi connectivity index (χ2n) is 13.5. The topological polar surface area (TPSA) is 56.7 Å². The molecule has 262 valence electrons. The third kappa shape index (κ3) is 5.29. The van der Waals surface area contributed by atoms with Gasteiger partial charge in [0.05, 0.1) is 20.6 Å². The molecule has 5 heteroatoms. The smallest absolute Gasteiger partial charge is 0.166 e. The molecule has 0 aliphatic heterocycles. The summed E-state index contributed by atoms with van der Waals surface area (Å²) >= 11 is 0. The van der Waals surface area contributed by atoms with Gasteiger partial charge in [-0.25, -0.2) is 15.0 Å². The lowest BCUT2D eigenvalue weighted by Crippen LogP contribution is -2.02. The van der Waals surface area contributed by atoms with Crippen LogP contribution in [0.4, 0.5) is 0 Å². The van der Waals surface area contributed by atoms with E-state index >= 15 is 0 Å². The van der Waals surface area contributed by atoms with Crippen LogP contribution >= 0.6 is 0 Å². The van der Waals surface area contributed by atoms with Gasteiger partial charge in [0.2, 0.25) is 0 Å². The molecule has 0 N–H and O–H groups in total. The van der Waals surface area contributed by atoms with E-state index in [9.17, 15) is 5.48 Å². The third-order valence-electron chi connectivity index (χ3n) is 10.2. The number of furan rings is 1. The molecular formula is C51H32N4O. The van der Waals surface area contributed by atoms with E-state index in [0.29, 0.717) is 39.6 Å². The summed E-state index contributed by atoms with van der Waals surface area (Å²) in [5.41, 5.74) is 7.27. The summed E-state index contributed by atoms with van der Waals surface area (Å²) < 4.78 is 72.4. The molecule has 0 fully saturated rings. The Morgan fingerprint density at radius 3 is 1.79 bits per heavy atom. The van der Waals surface area contributed by atoms with Gasteiger partial charge in [0, 0.05) is 55.6 Å². The summed E-state index contributed by atoms with van der Waals surface area (Å²) in [7, 11) is 0. The summed E-state index contributed by atoms with van der Waals surface area (Å²) in [6.45, 7) is 0. The van der Waals surface area contributed by atoms with E-state index < -0.39 is 18.1 Å². The first-order valence-corrected chi connectivity index (χ1v) is 18.2. The van der Waals surface area contributed by atoms with Gasteiger partial charge in [0.15, 0.2) is 17.5 Å². The van der Waals surface area contributed by atoms with Crippen LogP contribution in [0.5, 0.6) is 0 Å². The number of nitrogens with zero attached hydrogens (tertiary/aromatic N) is 4. The van der Waals surface area contributed by atoms with Gasteiger partial charge in [-0.15, -0.1) is 0 Å². The van der Waals surface area contributed by atoms with Crippen LogP contribution in [-0.2, 0) is 0 Å². The number of benzene rings is 8. The van der Waals surface area contributed by atoms with Crippen molar-refractivity contribution in [3.8, 4) is 62.1 Å². The maximum atomic E-state index is 9.56. The predicted octanol–water partition coefficient (Wildman–Crippen LogP) is 13.2. The maximum absolute atomic E-state index is 9.56. The summed E-state index contributed by atoms with van der Waals surface area (Å²) in [6, 6.07) is 45.8. The van der Waals surface area contributed by atoms with Crippen LogP contribution in [0.15, 0.2) is 198 Å². The molecule has 0 bridgehead atoms. The minimum atomic E-state index is -0.483. The van der Waals surface area contributed by atoms with Crippen molar-refractivity contribution < 1.29 is 14.0 Å². The highest BCUT2D eigenvalue weighted by molar-refractivity contribution is 6.14. The zero-order valence-electron chi connectivity index (χ0n) is 36.6. The Bertz CT molecular complexity index is 3630. The highest BCUT2D eigenvalue weighted by atomic mass is 16.3. The molecule has 0 atom stereocenters. The van der Waals surface area contributed by atoms with Crippen LogP contribution in [0.3, 0.4) is 0 Å². The van der Waals surface area contributed by atoms with Gasteiger partial charge in [0.25, 0.3) is 0 Å². The molecule has 0 aliphatic carbocycles. The summed E-state index contributed by atoms with van der Waals surface area (Å²) in [6.07, 6.45) is 0. The molecule has 0 unspecified atom stereocenters. The average Bonchev–Trinajstić information content (AvgIpc) is 3.89. The minimum Gasteiger partial charge on any atom is -0.455 e. The molecular weight excluding hydrogens is 685 g/mol. The van der Waals surface area contributed by atoms with Crippen molar-refractivity contribution in [2.45, 2.75) is 0 Å². The first-order chi connectivity index (χ1) is 30.7. The van der Waals surface area contributed by atoms with Gasteiger partial charge in [-0.2, -0.15) is 0 Å². The predicted molar refractivity (Wildman–Crippen MR) is 229 cm³/mol. The number of hydrogen-bond donors (Lipinski definition) is 0. The van der Waals surface area contributed by atoms with Gasteiger partial charge >= 0.3 is 0 Å². The van der Waals surface area contributed by atoms with Crippen LogP contribution in [0, 0.1) is 0 Å². The first-order valence-electron chi connectivity index (χ1n) is 21.7. The van der Waals surface area contributed by atoms with Crippen molar-refractivity contribution in [2.24, 2.45) is 0 Å². The van der Waals surface area contributed by atoms with Crippen molar-refractivity contribution >= 4 is 43.7 Å². The van der Waals surface area contributed by atoms with Gasteiger partial charge in [0.1, 0.15) is 11.2 Å². The second-order valence-corrected chi connectivity index (χ2v) is 13.5. The van der Waals surface area contributed by atoms with Gasteiger partial charge in [-0.05, 0) is 40.9 Å². The zero-order chi connectivity index (χ0) is 43.1. The highest BCUT2D eigenvalue weighted by Crippen LogP contribution is 2.41. The quantitative estimate of drug-likeness (QED) is 0.171. The highest BCUT2D eigenvalue weighted by Gasteiger charge is 2.21. The Morgan fingerprint density at radius 2 is 1.04 bits per heavy atom. The van der Waals surface area contributed by atoms with Crippen LogP contribution in [0.2, 0.25) is 0 Å². The molecule has 0 radical (unpaired) electrons. The van der Waals surface area contributed by atoms with E-state index in [4.69, 9.17) is 23.5 Å². The van der Waals surface area contributed by atoms with E-state index in [-0.39, 0.29) is 57.4 Å². The summed E-state index contributed by atoms with van der Waals surface area (Å²) in [5, 5.41) is 1.84. The normalized spacial score (nSPS) is 13.3. The van der Waals surface area contributed by atoms with E-state index in [1.807, 2.05) is 146 Å². The fraction of sp³-hybridized carbons (Fsp3) is 0. The van der Waals surface area contributed by atoms with E-state index in [2.05, 4.69) is 0 Å². The van der Waals surface area contributed by atoms with Crippen molar-refractivity contribution in [2.75, 3.05) is 0 Å². The zero-order valence-corrected chi connectivity index (χ0v) is 29.6. The van der Waals surface area contributed by atoms with Gasteiger partial charge in [-0.1, -0.05) is 164 Å². The minimum absolute atomic E-state index is 0.0334. The van der Waals surface area contributed by atoms with Crippen LogP contribution < -0.4 is 0 Å². The lowest BCUT2D eigenvalue weighted by molar-refractivity contribution is 0.669. The molecule has 0 saturated carbocycles. The molecule has 11 aromatic rings. The number of para-hydroxylation sites is 3. The molecule has 5 nitrogen and oxygen atoms in total. The fourth-order valence-corrected chi connectivity index (χ4v) is 7.54. The molecule has 3 heterocycles. The summed E-state index contributed by atoms with van der Waals surface area (Å²) in [5.74, 6) is 0.644. The monoisotopic (exact) mass is 723 g/mol. The Hall–Kier alpha value is -7.63. The van der Waals surface area contributed by atoms with E-state index in [1.54, 1.807) is 10.6 Å². The number of rotatable bonds is 6. The largest absolute Gasteiger partial charge is 0.455 e. The Kier molecular flexibility index (Phi) is 5.92. The molecule has 56 heavy (non-hydrogen) atoms. The first kappa shape index (κ1) is 25.4. The van der Waals surface area contributed by atoms with Crippen molar-refractivity contribution in [1.29, 1.82) is 0 Å². The van der Waals surface area contributed by atoms with Crippen LogP contribution in [0.25, 0.3) is 106 Å². The van der Waals surface area contributed by atoms with Crippen molar-refractivity contribution in [1.82, 2.24) is 19.5 Å². The number of fused-ring (bicyclic) bond motifs is 6. The molecule has 3 aromatic heterocycles. The molecule has 0 saturated heterocycles. The lowest BCUT2D eigenvalue weighted by Gasteiger charge is -2.13. The maximum Gasteiger partial charge on any atom is 0.166 e. The Balaban J connectivity index is 1.23. The summed E-state index contributed by atoms with van der Waals surface area (Å²) in [4.78, 5) is 14.9. The average molecular weight is 724 g/mol. The Morgan fingerprint density at radius 1 is 0.429 bits per heavy atom. The van der Waals surface area contributed by atoms with E-state index in [1.165, 1.54) is 0 Å². The fourth-order valence-electron chi connectivity index (χ4n) is 7.54.